The van der Waals surface area contributed by atoms with Gasteiger partial charge in [0.2, 0.25) is 21.8 Å². The molecule has 1 aliphatic rings. The molecule has 0 aliphatic heterocycles. The summed E-state index contributed by atoms with van der Waals surface area (Å²) in [5.41, 5.74) is 2.07. The summed E-state index contributed by atoms with van der Waals surface area (Å²) in [5, 5.41) is 3.53. The third-order valence-corrected chi connectivity index (χ3v) is 8.47. The Morgan fingerprint density at radius 3 is 2.33 bits per heavy atom. The SMILES string of the molecule is Cc1ccccc1CN(C(=O)CN(c1ccc(Cl)c(Cl)c1)S(C)(=O)=O)[C@@H](C)C(=O)NC1CCCCC1. The third-order valence-electron chi connectivity index (χ3n) is 6.59. The van der Waals surface area contributed by atoms with Gasteiger partial charge in [0, 0.05) is 12.6 Å². The normalized spacial score (nSPS) is 15.2. The Morgan fingerprint density at radius 1 is 1.06 bits per heavy atom. The number of sulfonamides is 1. The van der Waals surface area contributed by atoms with Gasteiger partial charge in [-0.2, -0.15) is 0 Å². The Morgan fingerprint density at radius 2 is 1.72 bits per heavy atom. The number of halogens is 2. The molecule has 2 aromatic rings. The molecular weight excluding hydrogens is 521 g/mol. The van der Waals surface area contributed by atoms with Crippen LogP contribution in [-0.4, -0.2) is 50.0 Å². The Bertz CT molecular complexity index is 1200. The second kappa shape index (κ2) is 12.3. The molecule has 1 fully saturated rings. The van der Waals surface area contributed by atoms with Crippen LogP contribution in [0.2, 0.25) is 10.0 Å². The fourth-order valence-electron chi connectivity index (χ4n) is 4.38. The minimum atomic E-state index is -3.84. The first-order valence-electron chi connectivity index (χ1n) is 12.0. The van der Waals surface area contributed by atoms with Gasteiger partial charge in [-0.05, 0) is 56.0 Å². The van der Waals surface area contributed by atoms with Gasteiger partial charge in [-0.25, -0.2) is 8.42 Å². The zero-order valence-electron chi connectivity index (χ0n) is 20.8. The molecule has 1 aliphatic carbocycles. The average molecular weight is 555 g/mol. The molecule has 2 amide bonds. The molecule has 1 saturated carbocycles. The van der Waals surface area contributed by atoms with E-state index in [4.69, 9.17) is 23.2 Å². The minimum absolute atomic E-state index is 0.0906. The number of anilines is 1. The van der Waals surface area contributed by atoms with E-state index in [1.807, 2.05) is 31.2 Å². The van der Waals surface area contributed by atoms with E-state index in [0.717, 1.165) is 53.8 Å². The highest BCUT2D eigenvalue weighted by Gasteiger charge is 2.31. The van der Waals surface area contributed by atoms with E-state index >= 15 is 0 Å². The number of hydrogen-bond acceptors (Lipinski definition) is 4. The fraction of sp³-hybridized carbons (Fsp3) is 0.462. The zero-order valence-corrected chi connectivity index (χ0v) is 23.2. The van der Waals surface area contributed by atoms with Crippen LogP contribution in [0, 0.1) is 6.92 Å². The van der Waals surface area contributed by atoms with Crippen LogP contribution in [0.5, 0.6) is 0 Å². The number of nitrogens with one attached hydrogen (secondary N) is 1. The molecule has 7 nitrogen and oxygen atoms in total. The largest absolute Gasteiger partial charge is 0.352 e. The van der Waals surface area contributed by atoms with Crippen molar-refractivity contribution in [3.8, 4) is 0 Å². The highest BCUT2D eigenvalue weighted by atomic mass is 35.5. The molecule has 1 N–H and O–H groups in total. The second-order valence-corrected chi connectivity index (χ2v) is 12.1. The van der Waals surface area contributed by atoms with Gasteiger partial charge in [-0.15, -0.1) is 0 Å². The first-order valence-corrected chi connectivity index (χ1v) is 14.6. The topological polar surface area (TPSA) is 86.8 Å². The van der Waals surface area contributed by atoms with Crippen LogP contribution >= 0.6 is 23.2 Å². The van der Waals surface area contributed by atoms with Gasteiger partial charge in [0.25, 0.3) is 0 Å². The van der Waals surface area contributed by atoms with Crippen LogP contribution in [0.15, 0.2) is 42.5 Å². The Hall–Kier alpha value is -2.29. The van der Waals surface area contributed by atoms with Crippen molar-refractivity contribution in [1.29, 1.82) is 0 Å². The van der Waals surface area contributed by atoms with E-state index < -0.39 is 28.5 Å². The average Bonchev–Trinajstić information content (AvgIpc) is 2.83. The first-order chi connectivity index (χ1) is 17.0. The quantitative estimate of drug-likeness (QED) is 0.476. The summed E-state index contributed by atoms with van der Waals surface area (Å²) in [5.74, 6) is -0.745. The molecule has 0 unspecified atom stereocenters. The summed E-state index contributed by atoms with van der Waals surface area (Å²) >= 11 is 12.1. The van der Waals surface area contributed by atoms with Gasteiger partial charge in [0.1, 0.15) is 12.6 Å². The van der Waals surface area contributed by atoms with E-state index in [1.165, 1.54) is 23.1 Å². The van der Waals surface area contributed by atoms with Crippen LogP contribution in [0.4, 0.5) is 5.69 Å². The summed E-state index contributed by atoms with van der Waals surface area (Å²) in [7, 11) is -3.84. The molecule has 0 heterocycles. The van der Waals surface area contributed by atoms with Crippen molar-refractivity contribution in [2.75, 3.05) is 17.1 Å². The predicted molar refractivity (Wildman–Crippen MR) is 145 cm³/mol. The van der Waals surface area contributed by atoms with Gasteiger partial charge in [-0.3, -0.25) is 13.9 Å². The molecule has 0 saturated heterocycles. The van der Waals surface area contributed by atoms with Gasteiger partial charge in [-0.1, -0.05) is 66.7 Å². The predicted octanol–water partition coefficient (Wildman–Crippen LogP) is 4.93. The summed E-state index contributed by atoms with van der Waals surface area (Å²) in [4.78, 5) is 28.3. The lowest BCUT2D eigenvalue weighted by atomic mass is 9.95. The number of nitrogens with zero attached hydrogens (tertiary/aromatic N) is 2. The second-order valence-electron chi connectivity index (χ2n) is 9.34. The molecule has 0 radical (unpaired) electrons. The maximum Gasteiger partial charge on any atom is 0.244 e. The van der Waals surface area contributed by atoms with E-state index in [-0.39, 0.29) is 34.2 Å². The molecule has 0 aromatic heterocycles. The molecule has 10 heteroatoms. The van der Waals surface area contributed by atoms with E-state index in [9.17, 15) is 18.0 Å². The lowest BCUT2D eigenvalue weighted by molar-refractivity contribution is -0.139. The van der Waals surface area contributed by atoms with Gasteiger partial charge < -0.3 is 10.2 Å². The van der Waals surface area contributed by atoms with Crippen molar-refractivity contribution in [2.45, 2.75) is 64.6 Å². The molecule has 0 spiro atoms. The standard InChI is InChI=1S/C26H33Cl2N3O4S/c1-18-9-7-8-10-20(18)16-30(19(2)26(33)29-21-11-5-4-6-12-21)25(32)17-31(36(3,34)35)22-13-14-23(27)24(28)15-22/h7-10,13-15,19,21H,4-6,11-12,16-17H2,1-3H3,(H,29,33)/t19-/m0/s1. The van der Waals surface area contributed by atoms with Gasteiger partial charge >= 0.3 is 0 Å². The van der Waals surface area contributed by atoms with Crippen molar-refractivity contribution in [3.05, 3.63) is 63.6 Å². The highest BCUT2D eigenvalue weighted by Crippen LogP contribution is 2.29. The van der Waals surface area contributed by atoms with Crippen molar-refractivity contribution >= 4 is 50.7 Å². The Balaban J connectivity index is 1.89. The number of carbonyl (C=O) groups excluding carboxylic acids is 2. The molecule has 196 valence electrons. The minimum Gasteiger partial charge on any atom is -0.352 e. The third kappa shape index (κ3) is 7.37. The lowest BCUT2D eigenvalue weighted by Crippen LogP contribution is -2.53. The highest BCUT2D eigenvalue weighted by molar-refractivity contribution is 7.92. The molecule has 36 heavy (non-hydrogen) atoms. The van der Waals surface area contributed by atoms with E-state index in [2.05, 4.69) is 5.32 Å². The Kier molecular flexibility index (Phi) is 9.66. The Labute approximate surface area is 223 Å². The van der Waals surface area contributed by atoms with Crippen LogP contribution in [-0.2, 0) is 26.2 Å². The fourth-order valence-corrected chi connectivity index (χ4v) is 5.51. The number of carbonyl (C=O) groups is 2. The van der Waals surface area contributed by atoms with Crippen molar-refractivity contribution < 1.29 is 18.0 Å². The van der Waals surface area contributed by atoms with E-state index in [1.54, 1.807) is 6.92 Å². The van der Waals surface area contributed by atoms with Crippen LogP contribution < -0.4 is 9.62 Å². The van der Waals surface area contributed by atoms with Crippen molar-refractivity contribution in [3.63, 3.8) is 0 Å². The van der Waals surface area contributed by atoms with Crippen LogP contribution in [0.25, 0.3) is 0 Å². The monoisotopic (exact) mass is 553 g/mol. The number of rotatable bonds is 9. The van der Waals surface area contributed by atoms with Gasteiger partial charge in [0.15, 0.2) is 0 Å². The smallest absolute Gasteiger partial charge is 0.244 e. The lowest BCUT2D eigenvalue weighted by Gasteiger charge is -2.33. The van der Waals surface area contributed by atoms with E-state index in [0.29, 0.717) is 0 Å². The van der Waals surface area contributed by atoms with Gasteiger partial charge in [0.05, 0.1) is 22.0 Å². The zero-order chi connectivity index (χ0) is 26.5. The molecule has 1 atom stereocenters. The maximum absolute atomic E-state index is 13.7. The molecule has 2 aromatic carbocycles. The van der Waals surface area contributed by atoms with Crippen LogP contribution in [0.3, 0.4) is 0 Å². The number of aryl methyl sites for hydroxylation is 1. The first kappa shape index (κ1) is 28.3. The number of benzene rings is 2. The van der Waals surface area contributed by atoms with Crippen molar-refractivity contribution in [2.24, 2.45) is 0 Å². The summed E-state index contributed by atoms with van der Waals surface area (Å²) in [6.07, 6.45) is 6.16. The molecule has 0 bridgehead atoms. The number of amides is 2. The van der Waals surface area contributed by atoms with Crippen molar-refractivity contribution in [1.82, 2.24) is 10.2 Å². The maximum atomic E-state index is 13.7. The molecule has 3 rings (SSSR count). The molecular formula is C26H33Cl2N3O4S. The van der Waals surface area contributed by atoms with Crippen LogP contribution in [0.1, 0.15) is 50.2 Å². The summed E-state index contributed by atoms with van der Waals surface area (Å²) < 4.78 is 26.3. The summed E-state index contributed by atoms with van der Waals surface area (Å²) in [6.45, 7) is 3.30. The summed E-state index contributed by atoms with van der Waals surface area (Å²) in [6, 6.07) is 11.3. The number of hydrogen-bond donors (Lipinski definition) is 1.